The van der Waals surface area contributed by atoms with Gasteiger partial charge in [-0.1, -0.05) is 30.3 Å². The Morgan fingerprint density at radius 3 is 3.00 bits per heavy atom. The van der Waals surface area contributed by atoms with Crippen LogP contribution in [0.25, 0.3) is 10.8 Å². The fourth-order valence-electron chi connectivity index (χ4n) is 3.46. The number of carbonyl (C=O) groups excluding carboxylic acids is 1. The number of hydrogen-bond donors (Lipinski definition) is 1. The minimum absolute atomic E-state index is 0.0183. The molecule has 0 spiro atoms. The summed E-state index contributed by atoms with van der Waals surface area (Å²) in [6.45, 7) is 0.0183. The van der Waals surface area contributed by atoms with Crippen molar-refractivity contribution in [3.8, 4) is 5.75 Å². The monoisotopic (exact) mass is 335 g/mol. The second kappa shape index (κ2) is 6.59. The molecule has 3 aromatic rings. The van der Waals surface area contributed by atoms with Crippen LogP contribution in [0.2, 0.25) is 0 Å². The van der Waals surface area contributed by atoms with Gasteiger partial charge < -0.3 is 10.1 Å². The van der Waals surface area contributed by atoms with Gasteiger partial charge in [-0.2, -0.15) is 5.10 Å². The summed E-state index contributed by atoms with van der Waals surface area (Å²) in [5, 5.41) is 9.81. The molecule has 1 aliphatic carbocycles. The molecule has 4 rings (SSSR count). The molecule has 1 N–H and O–H groups in total. The number of amides is 1. The number of nitrogens with zero attached hydrogens (tertiary/aromatic N) is 2. The quantitative estimate of drug-likeness (QED) is 0.797. The third-order valence-corrected chi connectivity index (χ3v) is 4.65. The maximum absolute atomic E-state index is 12.3. The smallest absolute Gasteiger partial charge is 0.258 e. The number of aryl methyl sites for hydroxylation is 2. The summed E-state index contributed by atoms with van der Waals surface area (Å²) < 4.78 is 7.50. The number of rotatable bonds is 4. The Labute approximate surface area is 146 Å². The highest BCUT2D eigenvalue weighted by Crippen LogP contribution is 2.28. The number of carbonyl (C=O) groups is 1. The van der Waals surface area contributed by atoms with Crippen molar-refractivity contribution < 1.29 is 9.53 Å². The van der Waals surface area contributed by atoms with Crippen LogP contribution in [-0.2, 0) is 18.3 Å². The van der Waals surface area contributed by atoms with Crippen LogP contribution in [0.5, 0.6) is 5.75 Å². The third-order valence-electron chi connectivity index (χ3n) is 4.65. The molecule has 5 heteroatoms. The Hall–Kier alpha value is -2.82. The van der Waals surface area contributed by atoms with Crippen molar-refractivity contribution in [1.29, 1.82) is 0 Å². The van der Waals surface area contributed by atoms with Crippen LogP contribution in [0, 0.1) is 0 Å². The highest BCUT2D eigenvalue weighted by molar-refractivity contribution is 5.84. The minimum atomic E-state index is -0.102. The predicted octanol–water partition coefficient (Wildman–Crippen LogP) is 3.15. The van der Waals surface area contributed by atoms with E-state index in [-0.39, 0.29) is 18.6 Å². The molecular formula is C20H21N3O2. The molecule has 2 aromatic carbocycles. The van der Waals surface area contributed by atoms with Gasteiger partial charge in [0.25, 0.3) is 5.91 Å². The molecule has 1 aromatic heterocycles. The highest BCUT2D eigenvalue weighted by atomic mass is 16.5. The molecule has 0 saturated heterocycles. The fourth-order valence-corrected chi connectivity index (χ4v) is 3.46. The first kappa shape index (κ1) is 15.7. The fraction of sp³-hybridized carbons (Fsp3) is 0.300. The average molecular weight is 335 g/mol. The van der Waals surface area contributed by atoms with Crippen LogP contribution >= 0.6 is 0 Å². The molecular weight excluding hydrogens is 314 g/mol. The van der Waals surface area contributed by atoms with Crippen LogP contribution in [0.3, 0.4) is 0 Å². The highest BCUT2D eigenvalue weighted by Gasteiger charge is 2.24. The summed E-state index contributed by atoms with van der Waals surface area (Å²) in [4.78, 5) is 12.3. The molecule has 0 saturated carbocycles. The minimum Gasteiger partial charge on any atom is -0.484 e. The van der Waals surface area contributed by atoms with Crippen LogP contribution in [0.1, 0.15) is 30.1 Å². The Bertz CT molecular complexity index is 916. The Kier molecular flexibility index (Phi) is 4.14. The molecule has 1 atom stereocenters. The van der Waals surface area contributed by atoms with E-state index in [1.54, 1.807) is 0 Å². The van der Waals surface area contributed by atoms with Gasteiger partial charge in [0.05, 0.1) is 11.7 Å². The molecule has 1 amide bonds. The summed E-state index contributed by atoms with van der Waals surface area (Å²) >= 11 is 0. The number of fused-ring (bicyclic) bond motifs is 2. The van der Waals surface area contributed by atoms with Crippen LogP contribution in [0.4, 0.5) is 0 Å². The van der Waals surface area contributed by atoms with Crippen molar-refractivity contribution >= 4 is 16.7 Å². The van der Waals surface area contributed by atoms with E-state index in [0.29, 0.717) is 5.75 Å². The van der Waals surface area contributed by atoms with E-state index in [9.17, 15) is 4.79 Å². The van der Waals surface area contributed by atoms with E-state index in [4.69, 9.17) is 4.74 Å². The van der Waals surface area contributed by atoms with Crippen LogP contribution in [-0.4, -0.2) is 22.3 Å². The van der Waals surface area contributed by atoms with E-state index in [0.717, 1.165) is 41.3 Å². The molecule has 1 unspecified atom stereocenters. The van der Waals surface area contributed by atoms with E-state index in [2.05, 4.69) is 16.5 Å². The summed E-state index contributed by atoms with van der Waals surface area (Å²) in [6, 6.07) is 14.0. The molecule has 0 fully saturated rings. The zero-order valence-electron chi connectivity index (χ0n) is 14.2. The van der Waals surface area contributed by atoms with Crippen molar-refractivity contribution in [3.05, 3.63) is 59.9 Å². The molecule has 0 bridgehead atoms. The second-order valence-electron chi connectivity index (χ2n) is 6.51. The lowest BCUT2D eigenvalue weighted by atomic mass is 9.93. The SMILES string of the molecule is Cn1cc2c(n1)CCCC2NC(=O)COc1ccc2ccccc2c1. The maximum atomic E-state index is 12.3. The van der Waals surface area contributed by atoms with E-state index in [1.165, 1.54) is 0 Å². The van der Waals surface area contributed by atoms with Gasteiger partial charge in [0.15, 0.2) is 6.61 Å². The zero-order valence-corrected chi connectivity index (χ0v) is 14.2. The Morgan fingerprint density at radius 2 is 2.12 bits per heavy atom. The van der Waals surface area contributed by atoms with Crippen molar-refractivity contribution in [2.24, 2.45) is 7.05 Å². The summed E-state index contributed by atoms with van der Waals surface area (Å²) in [5.41, 5.74) is 2.22. The molecule has 0 aliphatic heterocycles. The number of nitrogens with one attached hydrogen (secondary N) is 1. The topological polar surface area (TPSA) is 56.2 Å². The number of ether oxygens (including phenoxy) is 1. The molecule has 1 aliphatic rings. The molecule has 5 nitrogen and oxygen atoms in total. The lowest BCUT2D eigenvalue weighted by molar-refractivity contribution is -0.123. The van der Waals surface area contributed by atoms with Gasteiger partial charge in [0.1, 0.15) is 5.75 Å². The van der Waals surface area contributed by atoms with Gasteiger partial charge in [-0.3, -0.25) is 9.48 Å². The van der Waals surface area contributed by atoms with Gasteiger partial charge >= 0.3 is 0 Å². The van der Waals surface area contributed by atoms with Gasteiger partial charge in [0.2, 0.25) is 0 Å². The largest absolute Gasteiger partial charge is 0.484 e. The Morgan fingerprint density at radius 1 is 1.28 bits per heavy atom. The van der Waals surface area contributed by atoms with Crippen molar-refractivity contribution in [2.45, 2.75) is 25.3 Å². The Balaban J connectivity index is 1.39. The molecule has 25 heavy (non-hydrogen) atoms. The normalized spacial score (nSPS) is 16.4. The van der Waals surface area contributed by atoms with E-state index < -0.39 is 0 Å². The number of aromatic nitrogens is 2. The van der Waals surface area contributed by atoms with Gasteiger partial charge in [0, 0.05) is 18.8 Å². The summed E-state index contributed by atoms with van der Waals surface area (Å²) in [6.07, 6.45) is 4.97. The first-order valence-electron chi connectivity index (χ1n) is 8.62. The summed E-state index contributed by atoms with van der Waals surface area (Å²) in [7, 11) is 1.92. The van der Waals surface area contributed by atoms with Gasteiger partial charge in [-0.25, -0.2) is 0 Å². The van der Waals surface area contributed by atoms with Crippen LogP contribution < -0.4 is 10.1 Å². The van der Waals surface area contributed by atoms with Gasteiger partial charge in [-0.15, -0.1) is 0 Å². The average Bonchev–Trinajstić information content (AvgIpc) is 3.01. The van der Waals surface area contributed by atoms with Gasteiger partial charge in [-0.05, 0) is 42.2 Å². The number of benzene rings is 2. The lowest BCUT2D eigenvalue weighted by Crippen LogP contribution is -2.34. The van der Waals surface area contributed by atoms with E-state index >= 15 is 0 Å². The first-order valence-corrected chi connectivity index (χ1v) is 8.62. The molecule has 128 valence electrons. The number of hydrogen-bond acceptors (Lipinski definition) is 3. The van der Waals surface area contributed by atoms with Crippen LogP contribution in [0.15, 0.2) is 48.7 Å². The lowest BCUT2D eigenvalue weighted by Gasteiger charge is -2.22. The van der Waals surface area contributed by atoms with Crippen molar-refractivity contribution in [1.82, 2.24) is 15.1 Å². The van der Waals surface area contributed by atoms with E-state index in [1.807, 2.05) is 54.3 Å². The molecule has 0 radical (unpaired) electrons. The molecule has 1 heterocycles. The zero-order chi connectivity index (χ0) is 17.2. The third kappa shape index (κ3) is 3.36. The standard InChI is InChI=1S/C20H21N3O2/c1-23-12-17-18(7-4-8-19(17)22-23)21-20(24)13-25-16-10-9-14-5-2-3-6-15(14)11-16/h2-3,5-6,9-12,18H,4,7-8,13H2,1H3,(H,21,24). The van der Waals surface area contributed by atoms with Crippen molar-refractivity contribution in [2.75, 3.05) is 6.61 Å². The first-order chi connectivity index (χ1) is 12.2. The maximum Gasteiger partial charge on any atom is 0.258 e. The predicted molar refractivity (Wildman–Crippen MR) is 96.5 cm³/mol. The second-order valence-corrected chi connectivity index (χ2v) is 6.51. The summed E-state index contributed by atoms with van der Waals surface area (Å²) in [5.74, 6) is 0.606. The van der Waals surface area contributed by atoms with Crippen molar-refractivity contribution in [3.63, 3.8) is 0 Å².